The fourth-order valence-electron chi connectivity index (χ4n) is 3.98. The minimum Gasteiger partial charge on any atom is -0.493 e. The molecule has 0 saturated heterocycles. The Morgan fingerprint density at radius 1 is 0.895 bits per heavy atom. The Kier molecular flexibility index (Phi) is 9.16. The van der Waals surface area contributed by atoms with Crippen LogP contribution in [0, 0.1) is 0 Å². The first-order valence-corrected chi connectivity index (χ1v) is 13.1. The first kappa shape index (κ1) is 26.9. The molecule has 7 heteroatoms. The maximum atomic E-state index is 13.2. The van der Waals surface area contributed by atoms with Crippen LogP contribution in [0.1, 0.15) is 41.7 Å². The van der Waals surface area contributed by atoms with Crippen LogP contribution in [0.15, 0.2) is 102 Å². The van der Waals surface area contributed by atoms with Gasteiger partial charge in [0.25, 0.3) is 5.91 Å². The molecule has 2 N–H and O–H groups in total. The van der Waals surface area contributed by atoms with Crippen molar-refractivity contribution < 1.29 is 24.2 Å². The fraction of sp³-hybridized carbons (Fsp3) is 0.161. The Morgan fingerprint density at radius 2 is 1.61 bits per heavy atom. The normalized spacial score (nSPS) is 11.4. The maximum Gasteiger partial charge on any atom is 0.305 e. The molecule has 1 atom stereocenters. The van der Waals surface area contributed by atoms with Crippen LogP contribution in [0.25, 0.3) is 11.1 Å². The zero-order valence-corrected chi connectivity index (χ0v) is 22.5. The highest BCUT2D eigenvalue weighted by Crippen LogP contribution is 2.34. The number of nitrogens with one attached hydrogen (secondary N) is 1. The van der Waals surface area contributed by atoms with Gasteiger partial charge in [-0.3, -0.25) is 9.59 Å². The Hall–Kier alpha value is -4.10. The van der Waals surface area contributed by atoms with Crippen molar-refractivity contribution in [3.63, 3.8) is 0 Å². The number of hydrogen-bond donors (Lipinski definition) is 2. The van der Waals surface area contributed by atoms with Crippen molar-refractivity contribution in [2.24, 2.45) is 0 Å². The molecular weight excluding hydrogens is 546 g/mol. The molecule has 4 aromatic rings. The highest BCUT2D eigenvalue weighted by Gasteiger charge is 2.22. The number of carbonyl (C=O) groups excluding carboxylic acids is 1. The van der Waals surface area contributed by atoms with E-state index in [2.05, 4.69) is 21.2 Å². The monoisotopic (exact) mass is 573 g/mol. The van der Waals surface area contributed by atoms with Crippen molar-refractivity contribution in [3.8, 4) is 28.4 Å². The second kappa shape index (κ2) is 12.9. The summed E-state index contributed by atoms with van der Waals surface area (Å²) >= 11 is 3.40. The van der Waals surface area contributed by atoms with Crippen LogP contribution in [0.2, 0.25) is 0 Å². The van der Waals surface area contributed by atoms with Gasteiger partial charge in [0, 0.05) is 10.0 Å². The van der Waals surface area contributed by atoms with Crippen LogP contribution in [0.4, 0.5) is 0 Å². The van der Waals surface area contributed by atoms with Crippen LogP contribution < -0.4 is 14.8 Å². The van der Waals surface area contributed by atoms with Gasteiger partial charge in [-0.25, -0.2) is 0 Å². The standard InChI is InChI=1S/C31H28BrNO5/c1-2-18-37-28-17-16-23(32)19-26(28)31(36)33-27(20-30(34)35)22-14-12-21(13-15-22)25-10-6-7-11-29(25)38-24-8-4-3-5-9-24/h3-17,19,27H,2,18,20H2,1H3,(H,33,36)(H,34,35). The number of halogens is 1. The number of carboxylic acid groups (broad SMARTS) is 1. The van der Waals surface area contributed by atoms with Gasteiger partial charge in [0.1, 0.15) is 17.2 Å². The van der Waals surface area contributed by atoms with Crippen LogP contribution >= 0.6 is 15.9 Å². The van der Waals surface area contributed by atoms with E-state index in [0.29, 0.717) is 29.2 Å². The molecule has 38 heavy (non-hydrogen) atoms. The third-order valence-corrected chi connectivity index (χ3v) is 6.31. The van der Waals surface area contributed by atoms with Crippen LogP contribution in [-0.2, 0) is 4.79 Å². The fourth-order valence-corrected chi connectivity index (χ4v) is 4.35. The average molecular weight is 574 g/mol. The quantitative estimate of drug-likeness (QED) is 0.192. The predicted molar refractivity (Wildman–Crippen MR) is 151 cm³/mol. The predicted octanol–water partition coefficient (Wildman–Crippen LogP) is 7.64. The summed E-state index contributed by atoms with van der Waals surface area (Å²) in [7, 11) is 0. The van der Waals surface area contributed by atoms with E-state index in [0.717, 1.165) is 27.8 Å². The van der Waals surface area contributed by atoms with Gasteiger partial charge in [-0.15, -0.1) is 0 Å². The van der Waals surface area contributed by atoms with Gasteiger partial charge in [-0.1, -0.05) is 83.5 Å². The van der Waals surface area contributed by atoms with Gasteiger partial charge in [0.2, 0.25) is 0 Å². The first-order valence-electron chi connectivity index (χ1n) is 12.3. The molecule has 0 aliphatic rings. The molecule has 6 nitrogen and oxygen atoms in total. The molecule has 0 fully saturated rings. The molecule has 4 rings (SSSR count). The van der Waals surface area contributed by atoms with E-state index in [1.807, 2.05) is 85.8 Å². The van der Waals surface area contributed by atoms with Crippen molar-refractivity contribution in [3.05, 3.63) is 113 Å². The molecular formula is C31H28BrNO5. The molecule has 0 bridgehead atoms. The smallest absolute Gasteiger partial charge is 0.305 e. The zero-order chi connectivity index (χ0) is 26.9. The molecule has 1 unspecified atom stereocenters. The largest absolute Gasteiger partial charge is 0.493 e. The van der Waals surface area contributed by atoms with E-state index >= 15 is 0 Å². The third-order valence-electron chi connectivity index (χ3n) is 5.81. The summed E-state index contributed by atoms with van der Waals surface area (Å²) in [5.74, 6) is 0.464. The number of para-hydroxylation sites is 2. The first-order chi connectivity index (χ1) is 18.4. The average Bonchev–Trinajstić information content (AvgIpc) is 2.93. The Morgan fingerprint density at radius 3 is 2.32 bits per heavy atom. The zero-order valence-electron chi connectivity index (χ0n) is 20.9. The summed E-state index contributed by atoms with van der Waals surface area (Å²) in [4.78, 5) is 24.9. The van der Waals surface area contributed by atoms with Crippen molar-refractivity contribution in [2.75, 3.05) is 6.61 Å². The lowest BCUT2D eigenvalue weighted by Crippen LogP contribution is -2.30. The number of aliphatic carboxylic acids is 1. The van der Waals surface area contributed by atoms with Gasteiger partial charge in [0.15, 0.2) is 0 Å². The maximum absolute atomic E-state index is 13.2. The Bertz CT molecular complexity index is 1390. The lowest BCUT2D eigenvalue weighted by atomic mass is 9.98. The van der Waals surface area contributed by atoms with Crippen LogP contribution in [0.3, 0.4) is 0 Å². The number of benzene rings is 4. The SMILES string of the molecule is CCCOc1ccc(Br)cc1C(=O)NC(CC(=O)O)c1ccc(-c2ccccc2Oc2ccccc2)cc1. The van der Waals surface area contributed by atoms with Gasteiger partial charge >= 0.3 is 5.97 Å². The van der Waals surface area contributed by atoms with Crippen molar-refractivity contribution in [1.82, 2.24) is 5.32 Å². The summed E-state index contributed by atoms with van der Waals surface area (Å²) in [6, 6.07) is 29.2. The summed E-state index contributed by atoms with van der Waals surface area (Å²) in [5.41, 5.74) is 2.82. The van der Waals surface area contributed by atoms with Gasteiger partial charge in [0.05, 0.1) is 24.6 Å². The number of hydrogen-bond acceptors (Lipinski definition) is 4. The molecule has 0 saturated carbocycles. The van der Waals surface area contributed by atoms with Gasteiger partial charge < -0.3 is 19.9 Å². The van der Waals surface area contributed by atoms with Crippen LogP contribution in [0.5, 0.6) is 17.2 Å². The Balaban J connectivity index is 1.58. The number of amides is 1. The van der Waals surface area contributed by atoms with E-state index in [1.165, 1.54) is 0 Å². The second-order valence-electron chi connectivity index (χ2n) is 8.65. The van der Waals surface area contributed by atoms with Crippen molar-refractivity contribution >= 4 is 27.8 Å². The highest BCUT2D eigenvalue weighted by molar-refractivity contribution is 9.10. The van der Waals surface area contributed by atoms with Crippen LogP contribution in [-0.4, -0.2) is 23.6 Å². The molecule has 0 spiro atoms. The molecule has 0 aliphatic carbocycles. The molecule has 194 valence electrons. The van der Waals surface area contributed by atoms with E-state index in [1.54, 1.807) is 18.2 Å². The van der Waals surface area contributed by atoms with E-state index < -0.39 is 17.9 Å². The number of carboxylic acids is 1. The van der Waals surface area contributed by atoms with E-state index in [-0.39, 0.29) is 6.42 Å². The molecule has 4 aromatic carbocycles. The number of rotatable bonds is 11. The molecule has 0 aliphatic heterocycles. The lowest BCUT2D eigenvalue weighted by molar-refractivity contribution is -0.137. The van der Waals surface area contributed by atoms with Crippen molar-refractivity contribution in [2.45, 2.75) is 25.8 Å². The van der Waals surface area contributed by atoms with Crippen molar-refractivity contribution in [1.29, 1.82) is 0 Å². The second-order valence-corrected chi connectivity index (χ2v) is 9.56. The minimum absolute atomic E-state index is 0.266. The summed E-state index contributed by atoms with van der Waals surface area (Å²) in [6.45, 7) is 2.45. The Labute approximate surface area is 230 Å². The topological polar surface area (TPSA) is 84.9 Å². The highest BCUT2D eigenvalue weighted by atomic mass is 79.9. The molecule has 1 amide bonds. The lowest BCUT2D eigenvalue weighted by Gasteiger charge is -2.20. The number of carbonyl (C=O) groups is 2. The number of ether oxygens (including phenoxy) is 2. The summed E-state index contributed by atoms with van der Waals surface area (Å²) in [6.07, 6.45) is 0.530. The minimum atomic E-state index is -1.02. The van der Waals surface area contributed by atoms with E-state index in [9.17, 15) is 14.7 Å². The van der Waals surface area contributed by atoms with E-state index in [4.69, 9.17) is 9.47 Å². The third kappa shape index (κ3) is 7.01. The molecule has 0 heterocycles. The summed E-state index contributed by atoms with van der Waals surface area (Å²) < 4.78 is 12.6. The summed E-state index contributed by atoms with van der Waals surface area (Å²) in [5, 5.41) is 12.4. The molecule has 0 aromatic heterocycles. The van der Waals surface area contributed by atoms with Gasteiger partial charge in [-0.2, -0.15) is 0 Å². The molecule has 0 radical (unpaired) electrons. The van der Waals surface area contributed by atoms with Gasteiger partial charge in [-0.05, 0) is 53.9 Å².